The van der Waals surface area contributed by atoms with Gasteiger partial charge >= 0.3 is 12.1 Å². The Labute approximate surface area is 113 Å². The van der Waals surface area contributed by atoms with Crippen molar-refractivity contribution < 1.29 is 32.9 Å². The van der Waals surface area contributed by atoms with Crippen LogP contribution in [0.3, 0.4) is 0 Å². The molecule has 20 heavy (non-hydrogen) atoms. The Morgan fingerprint density at radius 2 is 2.00 bits per heavy atom. The van der Waals surface area contributed by atoms with E-state index >= 15 is 0 Å². The van der Waals surface area contributed by atoms with Crippen molar-refractivity contribution in [2.45, 2.75) is 6.18 Å². The number of aliphatic hydroxyl groups is 1. The van der Waals surface area contributed by atoms with Gasteiger partial charge in [-0.05, 0) is 18.2 Å². The molecular formula is C12H14F3NO4. The van der Waals surface area contributed by atoms with Gasteiger partial charge in [-0.3, -0.25) is 0 Å². The van der Waals surface area contributed by atoms with Crippen LogP contribution in [0.1, 0.15) is 15.9 Å². The SMILES string of the molecule is O=C(O)c1cc(C(F)(F)F)ccc1NCCOCCO. The molecule has 0 aliphatic rings. The zero-order chi connectivity index (χ0) is 15.2. The monoisotopic (exact) mass is 293 g/mol. The summed E-state index contributed by atoms with van der Waals surface area (Å²) in [5.41, 5.74) is -1.39. The lowest BCUT2D eigenvalue weighted by atomic mass is 10.1. The number of anilines is 1. The Morgan fingerprint density at radius 1 is 1.30 bits per heavy atom. The van der Waals surface area contributed by atoms with E-state index in [2.05, 4.69) is 5.32 Å². The summed E-state index contributed by atoms with van der Waals surface area (Å²) in [6.45, 7) is 0.410. The smallest absolute Gasteiger partial charge is 0.416 e. The minimum absolute atomic E-state index is 0.0816. The number of carboxylic acid groups (broad SMARTS) is 1. The highest BCUT2D eigenvalue weighted by Crippen LogP contribution is 2.31. The second kappa shape index (κ2) is 7.11. The van der Waals surface area contributed by atoms with Gasteiger partial charge in [0.05, 0.1) is 30.9 Å². The first-order chi connectivity index (χ1) is 9.36. The number of ether oxygens (including phenoxy) is 1. The van der Waals surface area contributed by atoms with Crippen molar-refractivity contribution >= 4 is 11.7 Å². The van der Waals surface area contributed by atoms with Crippen molar-refractivity contribution in [3.8, 4) is 0 Å². The summed E-state index contributed by atoms with van der Waals surface area (Å²) in [5, 5.41) is 20.1. The summed E-state index contributed by atoms with van der Waals surface area (Å²) in [6, 6.07) is 2.46. The molecule has 0 heterocycles. The third-order valence-electron chi connectivity index (χ3n) is 2.37. The van der Waals surface area contributed by atoms with E-state index in [1.165, 1.54) is 0 Å². The summed E-state index contributed by atoms with van der Waals surface area (Å²) in [4.78, 5) is 11.0. The highest BCUT2D eigenvalue weighted by atomic mass is 19.4. The summed E-state index contributed by atoms with van der Waals surface area (Å²) < 4.78 is 42.4. The molecule has 3 N–H and O–H groups in total. The van der Waals surface area contributed by atoms with Crippen LogP contribution in [0.4, 0.5) is 18.9 Å². The molecule has 0 radical (unpaired) electrons. The zero-order valence-electron chi connectivity index (χ0n) is 10.4. The third kappa shape index (κ3) is 4.71. The Kier molecular flexibility index (Phi) is 5.78. The van der Waals surface area contributed by atoms with Crippen LogP contribution in [-0.4, -0.2) is 42.5 Å². The number of halogens is 3. The Balaban J connectivity index is 2.78. The van der Waals surface area contributed by atoms with Gasteiger partial charge < -0.3 is 20.3 Å². The van der Waals surface area contributed by atoms with Crippen LogP contribution in [0, 0.1) is 0 Å². The third-order valence-corrected chi connectivity index (χ3v) is 2.37. The average molecular weight is 293 g/mol. The summed E-state index contributed by atoms with van der Waals surface area (Å²) in [6.07, 6.45) is -4.59. The van der Waals surface area contributed by atoms with E-state index in [0.717, 1.165) is 12.1 Å². The Bertz CT molecular complexity index is 463. The minimum atomic E-state index is -4.59. The molecule has 0 spiro atoms. The van der Waals surface area contributed by atoms with Crippen LogP contribution in [0.2, 0.25) is 0 Å². The highest BCUT2D eigenvalue weighted by molar-refractivity contribution is 5.94. The number of hydrogen-bond acceptors (Lipinski definition) is 4. The summed E-state index contributed by atoms with van der Waals surface area (Å²) in [5.74, 6) is -1.45. The van der Waals surface area contributed by atoms with Crippen molar-refractivity contribution in [1.29, 1.82) is 0 Å². The fraction of sp³-hybridized carbons (Fsp3) is 0.417. The van der Waals surface area contributed by atoms with E-state index in [1.54, 1.807) is 0 Å². The van der Waals surface area contributed by atoms with Gasteiger partial charge in [0, 0.05) is 12.2 Å². The number of alkyl halides is 3. The second-order valence-corrected chi connectivity index (χ2v) is 3.83. The molecule has 0 amide bonds. The van der Waals surface area contributed by atoms with Crippen LogP contribution < -0.4 is 5.32 Å². The van der Waals surface area contributed by atoms with E-state index < -0.39 is 23.3 Å². The molecule has 0 bridgehead atoms. The average Bonchev–Trinajstić information content (AvgIpc) is 2.37. The highest BCUT2D eigenvalue weighted by Gasteiger charge is 2.31. The molecule has 112 valence electrons. The van der Waals surface area contributed by atoms with E-state index in [-0.39, 0.29) is 32.1 Å². The lowest BCUT2D eigenvalue weighted by molar-refractivity contribution is -0.137. The number of rotatable bonds is 7. The molecule has 0 aromatic heterocycles. The van der Waals surface area contributed by atoms with Crippen molar-refractivity contribution in [3.05, 3.63) is 29.3 Å². The number of aliphatic hydroxyl groups excluding tert-OH is 1. The fourth-order valence-corrected chi connectivity index (χ4v) is 1.48. The molecule has 0 fully saturated rings. The van der Waals surface area contributed by atoms with E-state index in [0.29, 0.717) is 6.07 Å². The van der Waals surface area contributed by atoms with Gasteiger partial charge in [0.25, 0.3) is 0 Å². The van der Waals surface area contributed by atoms with Gasteiger partial charge in [-0.2, -0.15) is 13.2 Å². The molecule has 8 heteroatoms. The molecule has 0 aliphatic carbocycles. The predicted octanol–water partition coefficient (Wildman–Crippen LogP) is 1.82. The van der Waals surface area contributed by atoms with Gasteiger partial charge in [0.2, 0.25) is 0 Å². The van der Waals surface area contributed by atoms with Crippen molar-refractivity contribution in [1.82, 2.24) is 0 Å². The minimum Gasteiger partial charge on any atom is -0.478 e. The van der Waals surface area contributed by atoms with Gasteiger partial charge in [-0.15, -0.1) is 0 Å². The number of carbonyl (C=O) groups is 1. The lowest BCUT2D eigenvalue weighted by Crippen LogP contribution is -2.15. The fourth-order valence-electron chi connectivity index (χ4n) is 1.48. The van der Waals surface area contributed by atoms with Gasteiger partial charge in [0.15, 0.2) is 0 Å². The maximum atomic E-state index is 12.5. The predicted molar refractivity (Wildman–Crippen MR) is 64.8 cm³/mol. The quantitative estimate of drug-likeness (QED) is 0.668. The number of carboxylic acids is 1. The number of benzene rings is 1. The first kappa shape index (κ1) is 16.3. The molecular weight excluding hydrogens is 279 g/mol. The topological polar surface area (TPSA) is 78.8 Å². The van der Waals surface area contributed by atoms with Gasteiger partial charge in [-0.1, -0.05) is 0 Å². The summed E-state index contributed by atoms with van der Waals surface area (Å²) in [7, 11) is 0. The van der Waals surface area contributed by atoms with Crippen molar-refractivity contribution in [2.75, 3.05) is 31.7 Å². The molecule has 0 unspecified atom stereocenters. The second-order valence-electron chi connectivity index (χ2n) is 3.83. The maximum Gasteiger partial charge on any atom is 0.416 e. The lowest BCUT2D eigenvalue weighted by Gasteiger charge is -2.13. The normalized spacial score (nSPS) is 11.4. The molecule has 0 aliphatic heterocycles. The zero-order valence-corrected chi connectivity index (χ0v) is 10.4. The summed E-state index contributed by atoms with van der Waals surface area (Å²) >= 11 is 0. The van der Waals surface area contributed by atoms with Crippen LogP contribution >= 0.6 is 0 Å². The van der Waals surface area contributed by atoms with Gasteiger partial charge in [-0.25, -0.2) is 4.79 Å². The molecule has 1 aromatic rings. The first-order valence-corrected chi connectivity index (χ1v) is 5.73. The van der Waals surface area contributed by atoms with Crippen LogP contribution in [0.25, 0.3) is 0 Å². The molecule has 0 saturated carbocycles. The van der Waals surface area contributed by atoms with Crippen LogP contribution in [0.5, 0.6) is 0 Å². The van der Waals surface area contributed by atoms with Crippen LogP contribution in [-0.2, 0) is 10.9 Å². The van der Waals surface area contributed by atoms with Crippen LogP contribution in [0.15, 0.2) is 18.2 Å². The maximum absolute atomic E-state index is 12.5. The molecule has 1 aromatic carbocycles. The Morgan fingerprint density at radius 3 is 2.55 bits per heavy atom. The standard InChI is InChI=1S/C12H14F3NO4/c13-12(14,15)8-1-2-10(9(7-8)11(18)19)16-3-5-20-6-4-17/h1-2,7,16-17H,3-6H2,(H,18,19). The Hall–Kier alpha value is -1.80. The molecule has 0 atom stereocenters. The van der Waals surface area contributed by atoms with E-state index in [4.69, 9.17) is 14.9 Å². The first-order valence-electron chi connectivity index (χ1n) is 5.73. The largest absolute Gasteiger partial charge is 0.478 e. The number of hydrogen-bond donors (Lipinski definition) is 3. The van der Waals surface area contributed by atoms with Crippen molar-refractivity contribution in [3.63, 3.8) is 0 Å². The van der Waals surface area contributed by atoms with E-state index in [1.807, 2.05) is 0 Å². The molecule has 0 saturated heterocycles. The van der Waals surface area contributed by atoms with Gasteiger partial charge in [0.1, 0.15) is 0 Å². The number of nitrogens with one attached hydrogen (secondary N) is 1. The molecule has 1 rings (SSSR count). The van der Waals surface area contributed by atoms with E-state index in [9.17, 15) is 18.0 Å². The molecule has 5 nitrogen and oxygen atoms in total. The van der Waals surface area contributed by atoms with Crippen molar-refractivity contribution in [2.24, 2.45) is 0 Å². The number of aromatic carboxylic acids is 1.